The summed E-state index contributed by atoms with van der Waals surface area (Å²) in [4.78, 5) is 4.32. The van der Waals surface area contributed by atoms with Crippen LogP contribution in [0.1, 0.15) is 36.9 Å². The zero-order valence-corrected chi connectivity index (χ0v) is 9.87. The second-order valence-corrected chi connectivity index (χ2v) is 4.16. The fourth-order valence-corrected chi connectivity index (χ4v) is 2.17. The second-order valence-electron chi connectivity index (χ2n) is 4.16. The highest BCUT2D eigenvalue weighted by Crippen LogP contribution is 2.27. The van der Waals surface area contributed by atoms with Crippen LogP contribution in [0.5, 0.6) is 0 Å². The van der Waals surface area contributed by atoms with E-state index in [9.17, 15) is 0 Å². The molecule has 0 bridgehead atoms. The first kappa shape index (κ1) is 12.2. The Morgan fingerprint density at radius 1 is 1.27 bits per heavy atom. The summed E-state index contributed by atoms with van der Waals surface area (Å²) >= 11 is 0. The smallest absolute Gasteiger partial charge is 0.0372 e. The highest BCUT2D eigenvalue weighted by Gasteiger charge is 2.14. The second kappa shape index (κ2) is 6.57. The Kier molecular flexibility index (Phi) is 5.33. The molecule has 2 heteroatoms. The molecule has 0 saturated heterocycles. The van der Waals surface area contributed by atoms with Crippen LogP contribution in [0.4, 0.5) is 0 Å². The van der Waals surface area contributed by atoms with Crippen molar-refractivity contribution in [3.05, 3.63) is 29.6 Å². The molecule has 84 valence electrons. The fraction of sp³-hybridized carbons (Fsp3) is 0.615. The van der Waals surface area contributed by atoms with Gasteiger partial charge in [0.1, 0.15) is 0 Å². The van der Waals surface area contributed by atoms with E-state index in [1.807, 2.05) is 13.1 Å². The molecule has 2 N–H and O–H groups in total. The van der Waals surface area contributed by atoms with Crippen molar-refractivity contribution in [3.63, 3.8) is 0 Å². The number of nitrogens with two attached hydrogens (primary N) is 1. The largest absolute Gasteiger partial charge is 0.333 e. The van der Waals surface area contributed by atoms with Gasteiger partial charge in [-0.1, -0.05) is 31.7 Å². The van der Waals surface area contributed by atoms with E-state index in [1.54, 1.807) is 0 Å². The molecule has 1 aliphatic rings. The summed E-state index contributed by atoms with van der Waals surface area (Å²) in [7, 11) is 1.50. The number of nitrogens with zero attached hydrogens (tertiary/aromatic N) is 1. The molecular weight excluding hydrogens is 184 g/mol. The van der Waals surface area contributed by atoms with Crippen LogP contribution in [0.3, 0.4) is 0 Å². The van der Waals surface area contributed by atoms with E-state index in [1.165, 1.54) is 44.7 Å². The topological polar surface area (TPSA) is 38.9 Å². The normalized spacial score (nSPS) is 15.9. The molecule has 1 aromatic rings. The van der Waals surface area contributed by atoms with Gasteiger partial charge >= 0.3 is 0 Å². The van der Waals surface area contributed by atoms with Crippen LogP contribution in [0, 0.1) is 12.8 Å². The third-order valence-corrected chi connectivity index (χ3v) is 2.97. The fourth-order valence-electron chi connectivity index (χ4n) is 2.17. The summed E-state index contributed by atoms with van der Waals surface area (Å²) in [5.41, 5.74) is 7.03. The standard InChI is InChI=1S/C12H17N.CH5N/c1-10-6-7-12(9-13-10)8-11-4-2-3-5-11;1-2/h6-7,9,11H,2-5,8H2,1H3;2H2,1H3. The van der Waals surface area contributed by atoms with E-state index in [0.717, 1.165) is 11.6 Å². The predicted molar refractivity (Wildman–Crippen MR) is 64.7 cm³/mol. The Balaban J connectivity index is 0.000000531. The molecule has 0 atom stereocenters. The van der Waals surface area contributed by atoms with Crippen molar-refractivity contribution in [2.45, 2.75) is 39.0 Å². The lowest BCUT2D eigenvalue weighted by Crippen LogP contribution is -1.99. The van der Waals surface area contributed by atoms with Crippen LogP contribution in [0.15, 0.2) is 18.3 Å². The summed E-state index contributed by atoms with van der Waals surface area (Å²) in [5.74, 6) is 0.935. The average molecular weight is 206 g/mol. The first-order chi connectivity index (χ1) is 7.34. The molecule has 15 heavy (non-hydrogen) atoms. The van der Waals surface area contributed by atoms with Crippen LogP contribution < -0.4 is 5.73 Å². The molecule has 2 rings (SSSR count). The molecule has 0 aliphatic heterocycles. The third-order valence-electron chi connectivity index (χ3n) is 2.97. The maximum Gasteiger partial charge on any atom is 0.0372 e. The Labute approximate surface area is 92.9 Å². The van der Waals surface area contributed by atoms with Crippen molar-refractivity contribution >= 4 is 0 Å². The van der Waals surface area contributed by atoms with Gasteiger partial charge in [0, 0.05) is 11.9 Å². The molecule has 1 fully saturated rings. The first-order valence-corrected chi connectivity index (χ1v) is 5.84. The highest BCUT2D eigenvalue weighted by molar-refractivity contribution is 5.13. The first-order valence-electron chi connectivity index (χ1n) is 5.84. The lowest BCUT2D eigenvalue weighted by atomic mass is 9.99. The summed E-state index contributed by atoms with van der Waals surface area (Å²) in [5, 5.41) is 0. The van der Waals surface area contributed by atoms with E-state index in [0.29, 0.717) is 0 Å². The lowest BCUT2D eigenvalue weighted by molar-refractivity contribution is 0.545. The molecule has 2 nitrogen and oxygen atoms in total. The summed E-state index contributed by atoms with van der Waals surface area (Å²) in [6, 6.07) is 4.34. The monoisotopic (exact) mass is 206 g/mol. The summed E-state index contributed by atoms with van der Waals surface area (Å²) in [6.07, 6.45) is 9.00. The maximum absolute atomic E-state index is 4.50. The van der Waals surface area contributed by atoms with Gasteiger partial charge in [-0.3, -0.25) is 4.98 Å². The molecular formula is C13H22N2. The molecule has 1 aliphatic carbocycles. The summed E-state index contributed by atoms with van der Waals surface area (Å²) in [6.45, 7) is 2.04. The minimum Gasteiger partial charge on any atom is -0.333 e. The summed E-state index contributed by atoms with van der Waals surface area (Å²) < 4.78 is 0. The predicted octanol–water partition coefficient (Wildman–Crippen LogP) is 2.70. The van der Waals surface area contributed by atoms with Gasteiger partial charge in [-0.15, -0.1) is 0 Å². The minimum atomic E-state index is 0.935. The number of rotatable bonds is 2. The van der Waals surface area contributed by atoms with Gasteiger partial charge in [0.2, 0.25) is 0 Å². The van der Waals surface area contributed by atoms with Gasteiger partial charge < -0.3 is 5.73 Å². The van der Waals surface area contributed by atoms with Crippen LogP contribution in [-0.2, 0) is 6.42 Å². The SMILES string of the molecule is CN.Cc1ccc(CC2CCCC2)cn1. The lowest BCUT2D eigenvalue weighted by Gasteiger charge is -2.07. The van der Waals surface area contributed by atoms with Gasteiger partial charge in [-0.25, -0.2) is 0 Å². The molecule has 1 aromatic heterocycles. The van der Waals surface area contributed by atoms with Crippen molar-refractivity contribution in [2.24, 2.45) is 11.7 Å². The zero-order chi connectivity index (χ0) is 11.1. The molecule has 0 amide bonds. The van der Waals surface area contributed by atoms with Gasteiger partial charge in [0.15, 0.2) is 0 Å². The van der Waals surface area contributed by atoms with E-state index in [2.05, 4.69) is 22.9 Å². The van der Waals surface area contributed by atoms with Gasteiger partial charge in [0.05, 0.1) is 0 Å². The van der Waals surface area contributed by atoms with Crippen molar-refractivity contribution in [1.82, 2.24) is 4.98 Å². The molecule has 0 unspecified atom stereocenters. The number of hydrogen-bond acceptors (Lipinski definition) is 2. The van der Waals surface area contributed by atoms with Crippen molar-refractivity contribution in [3.8, 4) is 0 Å². The third kappa shape index (κ3) is 4.00. The number of aryl methyl sites for hydroxylation is 1. The van der Waals surface area contributed by atoms with Crippen molar-refractivity contribution in [2.75, 3.05) is 7.05 Å². The Bertz CT molecular complexity index is 260. The van der Waals surface area contributed by atoms with Gasteiger partial charge in [-0.05, 0) is 37.9 Å². The van der Waals surface area contributed by atoms with Crippen molar-refractivity contribution in [1.29, 1.82) is 0 Å². The number of aromatic nitrogens is 1. The van der Waals surface area contributed by atoms with E-state index in [4.69, 9.17) is 0 Å². The van der Waals surface area contributed by atoms with E-state index < -0.39 is 0 Å². The van der Waals surface area contributed by atoms with Gasteiger partial charge in [0.25, 0.3) is 0 Å². The van der Waals surface area contributed by atoms with Crippen LogP contribution >= 0.6 is 0 Å². The Hall–Kier alpha value is -0.890. The van der Waals surface area contributed by atoms with Crippen molar-refractivity contribution < 1.29 is 0 Å². The number of hydrogen-bond donors (Lipinski definition) is 1. The maximum atomic E-state index is 4.50. The Morgan fingerprint density at radius 3 is 2.47 bits per heavy atom. The Morgan fingerprint density at radius 2 is 1.93 bits per heavy atom. The van der Waals surface area contributed by atoms with Gasteiger partial charge in [-0.2, -0.15) is 0 Å². The van der Waals surface area contributed by atoms with E-state index >= 15 is 0 Å². The molecule has 0 radical (unpaired) electrons. The quantitative estimate of drug-likeness (QED) is 0.808. The minimum absolute atomic E-state index is 0.935. The van der Waals surface area contributed by atoms with Crippen LogP contribution in [-0.4, -0.2) is 12.0 Å². The molecule has 1 heterocycles. The zero-order valence-electron chi connectivity index (χ0n) is 9.87. The van der Waals surface area contributed by atoms with Crippen LogP contribution in [0.25, 0.3) is 0 Å². The average Bonchev–Trinajstić information content (AvgIpc) is 2.77. The number of pyridine rings is 1. The molecule has 0 aromatic carbocycles. The molecule has 1 saturated carbocycles. The highest BCUT2D eigenvalue weighted by atomic mass is 14.7. The van der Waals surface area contributed by atoms with E-state index in [-0.39, 0.29) is 0 Å². The van der Waals surface area contributed by atoms with Crippen LogP contribution in [0.2, 0.25) is 0 Å². The molecule has 0 spiro atoms.